The van der Waals surface area contributed by atoms with Crippen LogP contribution in [0.2, 0.25) is 0 Å². The minimum atomic E-state index is 0.129. The van der Waals surface area contributed by atoms with Crippen LogP contribution in [0, 0.1) is 12.8 Å². The first-order valence-electron chi connectivity index (χ1n) is 8.81. The molecule has 1 saturated heterocycles. The summed E-state index contributed by atoms with van der Waals surface area (Å²) < 4.78 is 12.5. The highest BCUT2D eigenvalue weighted by Gasteiger charge is 2.28. The van der Waals surface area contributed by atoms with Crippen LogP contribution >= 0.6 is 15.9 Å². The van der Waals surface area contributed by atoms with Gasteiger partial charge in [0.1, 0.15) is 6.10 Å². The van der Waals surface area contributed by atoms with Gasteiger partial charge in [0.15, 0.2) is 5.82 Å². The molecule has 2 aromatic rings. The van der Waals surface area contributed by atoms with Crippen molar-refractivity contribution in [1.29, 1.82) is 0 Å². The van der Waals surface area contributed by atoms with Crippen LogP contribution in [-0.4, -0.2) is 34.3 Å². The van der Waals surface area contributed by atoms with Gasteiger partial charge in [0.25, 0.3) is 0 Å². The average molecular weight is 409 g/mol. The smallest absolute Gasteiger partial charge is 0.324 e. The van der Waals surface area contributed by atoms with Crippen molar-refractivity contribution in [2.75, 3.05) is 18.0 Å². The summed E-state index contributed by atoms with van der Waals surface area (Å²) in [6.07, 6.45) is 4.00. The molecule has 0 amide bonds. The fourth-order valence-electron chi connectivity index (χ4n) is 3.01. The molecule has 136 valence electrons. The lowest BCUT2D eigenvalue weighted by Crippen LogP contribution is -2.39. The zero-order valence-electron chi connectivity index (χ0n) is 15.2. The average Bonchev–Trinajstić information content (AvgIpc) is 3.09. The summed E-state index contributed by atoms with van der Waals surface area (Å²) in [5, 5.41) is 4.05. The van der Waals surface area contributed by atoms with Crippen LogP contribution in [0.5, 0.6) is 5.88 Å². The Labute approximate surface area is 157 Å². The second kappa shape index (κ2) is 7.72. The molecule has 0 saturated carbocycles. The van der Waals surface area contributed by atoms with Gasteiger partial charge < -0.3 is 14.2 Å². The van der Waals surface area contributed by atoms with Gasteiger partial charge in [-0.05, 0) is 54.1 Å². The second-order valence-corrected chi connectivity index (χ2v) is 7.86. The molecular formula is C18H25BrN4O2. The van der Waals surface area contributed by atoms with E-state index < -0.39 is 0 Å². The maximum Gasteiger partial charge on any atom is 0.324 e. The zero-order valence-corrected chi connectivity index (χ0v) is 16.8. The first-order chi connectivity index (χ1) is 11.9. The monoisotopic (exact) mass is 408 g/mol. The predicted octanol–water partition coefficient (Wildman–Crippen LogP) is 4.34. The molecule has 1 aliphatic heterocycles. The predicted molar refractivity (Wildman–Crippen MR) is 100 cm³/mol. The Kier molecular flexibility index (Phi) is 5.61. The van der Waals surface area contributed by atoms with Gasteiger partial charge in [-0.3, -0.25) is 0 Å². The Morgan fingerprint density at radius 3 is 2.60 bits per heavy atom. The van der Waals surface area contributed by atoms with Crippen molar-refractivity contribution >= 4 is 21.9 Å². The molecule has 0 aromatic carbocycles. The van der Waals surface area contributed by atoms with Crippen molar-refractivity contribution < 1.29 is 9.26 Å². The number of nitrogens with zero attached hydrogens (tertiary/aromatic N) is 4. The molecule has 25 heavy (non-hydrogen) atoms. The van der Waals surface area contributed by atoms with Gasteiger partial charge in [0.05, 0.1) is 0 Å². The molecule has 7 heteroatoms. The van der Waals surface area contributed by atoms with Crippen LogP contribution < -0.4 is 9.64 Å². The first-order valence-corrected chi connectivity index (χ1v) is 9.60. The second-order valence-electron chi connectivity index (χ2n) is 7.01. The van der Waals surface area contributed by atoms with E-state index in [-0.39, 0.29) is 12.0 Å². The molecule has 3 rings (SSSR count). The van der Waals surface area contributed by atoms with E-state index >= 15 is 0 Å². The zero-order chi connectivity index (χ0) is 18.0. The number of aryl methyl sites for hydroxylation is 1. The summed E-state index contributed by atoms with van der Waals surface area (Å²) in [6.45, 7) is 10.1. The van der Waals surface area contributed by atoms with E-state index in [2.05, 4.69) is 56.7 Å². The van der Waals surface area contributed by atoms with Gasteiger partial charge in [0.2, 0.25) is 5.88 Å². The Bertz CT molecular complexity index is 711. The number of ether oxygens (including phenoxy) is 1. The van der Waals surface area contributed by atoms with E-state index in [4.69, 9.17) is 9.26 Å². The summed E-state index contributed by atoms with van der Waals surface area (Å²) in [5.74, 6) is 2.24. The molecule has 0 spiro atoms. The Morgan fingerprint density at radius 1 is 1.28 bits per heavy atom. The van der Waals surface area contributed by atoms with Crippen LogP contribution in [0.25, 0.3) is 0 Å². The standard InChI is InChI=1S/C18H25BrN4O2/c1-11(2)17-21-18(25-22-17)23-7-5-14(6-8-23)13(4)24-16-9-12(3)15(19)10-20-16/h9-11,13-14H,5-8H2,1-4H3. The lowest BCUT2D eigenvalue weighted by atomic mass is 9.92. The van der Waals surface area contributed by atoms with Crippen molar-refractivity contribution in [3.63, 3.8) is 0 Å². The molecule has 1 fully saturated rings. The van der Waals surface area contributed by atoms with E-state index in [0.29, 0.717) is 17.8 Å². The molecule has 0 aliphatic carbocycles. The summed E-state index contributed by atoms with van der Waals surface area (Å²) in [6, 6.07) is 2.61. The van der Waals surface area contributed by atoms with Gasteiger partial charge in [-0.1, -0.05) is 19.0 Å². The van der Waals surface area contributed by atoms with E-state index in [1.807, 2.05) is 13.0 Å². The van der Waals surface area contributed by atoms with Gasteiger partial charge in [-0.2, -0.15) is 4.98 Å². The van der Waals surface area contributed by atoms with Crippen LogP contribution in [-0.2, 0) is 0 Å². The summed E-state index contributed by atoms with van der Waals surface area (Å²) in [5.41, 5.74) is 1.13. The molecule has 2 aromatic heterocycles. The van der Waals surface area contributed by atoms with Crippen molar-refractivity contribution in [2.45, 2.75) is 52.6 Å². The number of piperidine rings is 1. The van der Waals surface area contributed by atoms with Crippen LogP contribution in [0.4, 0.5) is 6.01 Å². The third-order valence-electron chi connectivity index (χ3n) is 4.75. The van der Waals surface area contributed by atoms with Gasteiger partial charge in [-0.25, -0.2) is 4.98 Å². The molecule has 0 N–H and O–H groups in total. The molecular weight excluding hydrogens is 384 g/mol. The van der Waals surface area contributed by atoms with Crippen molar-refractivity contribution in [3.05, 3.63) is 28.1 Å². The highest BCUT2D eigenvalue weighted by molar-refractivity contribution is 9.10. The number of pyridine rings is 1. The third-order valence-corrected chi connectivity index (χ3v) is 5.58. The van der Waals surface area contributed by atoms with E-state index in [1.54, 1.807) is 6.20 Å². The molecule has 0 radical (unpaired) electrons. The quantitative estimate of drug-likeness (QED) is 0.732. The lowest BCUT2D eigenvalue weighted by molar-refractivity contribution is 0.126. The first kappa shape index (κ1) is 18.2. The number of hydrogen-bond acceptors (Lipinski definition) is 6. The van der Waals surface area contributed by atoms with E-state index in [9.17, 15) is 0 Å². The number of rotatable bonds is 5. The fraction of sp³-hybridized carbons (Fsp3) is 0.611. The molecule has 1 unspecified atom stereocenters. The third kappa shape index (κ3) is 4.32. The van der Waals surface area contributed by atoms with Gasteiger partial charge >= 0.3 is 6.01 Å². The van der Waals surface area contributed by atoms with Crippen LogP contribution in [0.1, 0.15) is 50.9 Å². The Balaban J connectivity index is 1.54. The SMILES string of the molecule is Cc1cc(OC(C)C2CCN(c3nc(C(C)C)no3)CC2)ncc1Br. The number of halogens is 1. The summed E-state index contributed by atoms with van der Waals surface area (Å²) >= 11 is 3.47. The highest BCUT2D eigenvalue weighted by Crippen LogP contribution is 2.28. The van der Waals surface area contributed by atoms with E-state index in [1.165, 1.54) is 0 Å². The van der Waals surface area contributed by atoms with Crippen molar-refractivity contribution in [1.82, 2.24) is 15.1 Å². The largest absolute Gasteiger partial charge is 0.474 e. The minimum absolute atomic E-state index is 0.129. The molecule has 1 atom stereocenters. The van der Waals surface area contributed by atoms with Gasteiger partial charge in [-0.15, -0.1) is 0 Å². The maximum absolute atomic E-state index is 6.06. The summed E-state index contributed by atoms with van der Waals surface area (Å²) in [7, 11) is 0. The molecule has 3 heterocycles. The number of anilines is 1. The Morgan fingerprint density at radius 2 is 2.00 bits per heavy atom. The topological polar surface area (TPSA) is 64.3 Å². The normalized spacial score (nSPS) is 17.1. The molecule has 0 bridgehead atoms. The lowest BCUT2D eigenvalue weighted by Gasteiger charge is -2.33. The highest BCUT2D eigenvalue weighted by atomic mass is 79.9. The number of aromatic nitrogens is 3. The molecule has 1 aliphatic rings. The number of hydrogen-bond donors (Lipinski definition) is 0. The minimum Gasteiger partial charge on any atom is -0.474 e. The Hall–Kier alpha value is -1.63. The fourth-order valence-corrected chi connectivity index (χ4v) is 3.23. The van der Waals surface area contributed by atoms with Crippen molar-refractivity contribution in [2.24, 2.45) is 5.92 Å². The summed E-state index contributed by atoms with van der Waals surface area (Å²) in [4.78, 5) is 11.0. The van der Waals surface area contributed by atoms with Crippen molar-refractivity contribution in [3.8, 4) is 5.88 Å². The molecule has 6 nitrogen and oxygen atoms in total. The van der Waals surface area contributed by atoms with Gasteiger partial charge in [0, 0.05) is 35.7 Å². The van der Waals surface area contributed by atoms with Crippen LogP contribution in [0.15, 0.2) is 21.3 Å². The van der Waals surface area contributed by atoms with Crippen LogP contribution in [0.3, 0.4) is 0 Å². The maximum atomic E-state index is 6.06. The van der Waals surface area contributed by atoms with E-state index in [0.717, 1.165) is 41.8 Å².